The quantitative estimate of drug-likeness (QED) is 0.765. The molecule has 2 heterocycles. The maximum atomic E-state index is 12.9. The Balaban J connectivity index is 1.55. The summed E-state index contributed by atoms with van der Waals surface area (Å²) in [6, 6.07) is 9.53. The van der Waals surface area contributed by atoms with Crippen LogP contribution >= 0.6 is 0 Å². The topological polar surface area (TPSA) is 77.1 Å². The molecule has 3 aromatic rings. The molecule has 1 atom stereocenters. The number of Topliss-reactive ketones (excluding diaryl/α,β-unsaturated/α-hetero) is 1. The Labute approximate surface area is 157 Å². The zero-order valence-corrected chi connectivity index (χ0v) is 15.4. The van der Waals surface area contributed by atoms with Gasteiger partial charge in [0.05, 0.1) is 29.1 Å². The Morgan fingerprint density at radius 2 is 2.04 bits per heavy atom. The predicted molar refractivity (Wildman–Crippen MR) is 100 cm³/mol. The lowest BCUT2D eigenvalue weighted by atomic mass is 9.93. The Bertz CT molecular complexity index is 1000. The third kappa shape index (κ3) is 3.18. The van der Waals surface area contributed by atoms with E-state index >= 15 is 0 Å². The SMILES string of the molecule is Cc1oc2c(c1C(=O)N[C@H](C)c1cnn(-c3ccccc3)c1)C(=O)CCC2. The fourth-order valence-electron chi connectivity index (χ4n) is 3.52. The van der Waals surface area contributed by atoms with Crippen LogP contribution in [-0.2, 0) is 6.42 Å². The molecule has 0 radical (unpaired) electrons. The van der Waals surface area contributed by atoms with E-state index in [9.17, 15) is 9.59 Å². The van der Waals surface area contributed by atoms with Gasteiger partial charge in [-0.1, -0.05) is 18.2 Å². The molecule has 0 bridgehead atoms. The summed E-state index contributed by atoms with van der Waals surface area (Å²) in [5, 5.41) is 7.34. The highest BCUT2D eigenvalue weighted by molar-refractivity contribution is 6.10. The van der Waals surface area contributed by atoms with Crippen LogP contribution < -0.4 is 5.32 Å². The van der Waals surface area contributed by atoms with Crippen molar-refractivity contribution in [1.82, 2.24) is 15.1 Å². The lowest BCUT2D eigenvalue weighted by Crippen LogP contribution is -2.28. The van der Waals surface area contributed by atoms with Crippen molar-refractivity contribution >= 4 is 11.7 Å². The first-order chi connectivity index (χ1) is 13.0. The molecule has 0 saturated heterocycles. The number of hydrogen-bond acceptors (Lipinski definition) is 4. The fraction of sp³-hybridized carbons (Fsp3) is 0.286. The first kappa shape index (κ1) is 17.3. The highest BCUT2D eigenvalue weighted by Crippen LogP contribution is 2.30. The molecule has 0 aliphatic heterocycles. The van der Waals surface area contributed by atoms with Crippen LogP contribution in [0, 0.1) is 6.92 Å². The number of para-hydroxylation sites is 1. The number of nitrogens with zero attached hydrogens (tertiary/aromatic N) is 2. The molecular weight excluding hydrogens is 342 g/mol. The van der Waals surface area contributed by atoms with Crippen molar-refractivity contribution in [3.05, 3.63) is 70.9 Å². The molecule has 0 saturated carbocycles. The molecule has 4 rings (SSSR count). The number of carbonyl (C=O) groups is 2. The van der Waals surface area contributed by atoms with Crippen molar-refractivity contribution in [2.75, 3.05) is 0 Å². The summed E-state index contributed by atoms with van der Waals surface area (Å²) in [6.07, 6.45) is 5.57. The van der Waals surface area contributed by atoms with Crippen LogP contribution in [0.4, 0.5) is 0 Å². The Hall–Kier alpha value is -3.15. The van der Waals surface area contributed by atoms with Gasteiger partial charge in [0.1, 0.15) is 11.5 Å². The van der Waals surface area contributed by atoms with Crippen LogP contribution in [0.5, 0.6) is 0 Å². The summed E-state index contributed by atoms with van der Waals surface area (Å²) in [5.41, 5.74) is 2.67. The van der Waals surface area contributed by atoms with Crippen LogP contribution in [0.25, 0.3) is 5.69 Å². The molecule has 1 aromatic carbocycles. The van der Waals surface area contributed by atoms with E-state index in [1.54, 1.807) is 17.8 Å². The monoisotopic (exact) mass is 363 g/mol. The van der Waals surface area contributed by atoms with Crippen LogP contribution in [-0.4, -0.2) is 21.5 Å². The van der Waals surface area contributed by atoms with Crippen molar-refractivity contribution in [3.8, 4) is 5.69 Å². The van der Waals surface area contributed by atoms with E-state index in [0.29, 0.717) is 35.5 Å². The van der Waals surface area contributed by atoms with Gasteiger partial charge in [0.25, 0.3) is 5.91 Å². The van der Waals surface area contributed by atoms with Gasteiger partial charge in [-0.15, -0.1) is 0 Å². The zero-order chi connectivity index (χ0) is 19.0. The van der Waals surface area contributed by atoms with Gasteiger partial charge in [-0.3, -0.25) is 9.59 Å². The molecule has 0 spiro atoms. The minimum absolute atomic E-state index is 0.0113. The molecule has 1 N–H and O–H groups in total. The number of amides is 1. The van der Waals surface area contributed by atoms with Gasteiger partial charge < -0.3 is 9.73 Å². The van der Waals surface area contributed by atoms with Crippen LogP contribution in [0.15, 0.2) is 47.1 Å². The fourth-order valence-corrected chi connectivity index (χ4v) is 3.52. The minimum Gasteiger partial charge on any atom is -0.465 e. The lowest BCUT2D eigenvalue weighted by Gasteiger charge is -2.14. The van der Waals surface area contributed by atoms with Crippen LogP contribution in [0.3, 0.4) is 0 Å². The second kappa shape index (κ2) is 6.87. The number of carbonyl (C=O) groups excluding carboxylic acids is 2. The molecule has 0 unspecified atom stereocenters. The minimum atomic E-state index is -0.285. The first-order valence-electron chi connectivity index (χ1n) is 9.11. The van der Waals surface area contributed by atoms with E-state index < -0.39 is 0 Å². The van der Waals surface area contributed by atoms with E-state index in [0.717, 1.165) is 17.7 Å². The molecule has 2 aromatic heterocycles. The molecular formula is C21H21N3O3. The molecule has 27 heavy (non-hydrogen) atoms. The Morgan fingerprint density at radius 1 is 1.26 bits per heavy atom. The molecule has 6 nitrogen and oxygen atoms in total. The summed E-state index contributed by atoms with van der Waals surface area (Å²) in [5.74, 6) is 0.842. The van der Waals surface area contributed by atoms with Crippen molar-refractivity contribution in [3.63, 3.8) is 0 Å². The van der Waals surface area contributed by atoms with Gasteiger partial charge in [-0.25, -0.2) is 4.68 Å². The second-order valence-electron chi connectivity index (χ2n) is 6.86. The largest absolute Gasteiger partial charge is 0.465 e. The van der Waals surface area contributed by atoms with Gasteiger partial charge in [0.15, 0.2) is 5.78 Å². The number of rotatable bonds is 4. The highest BCUT2D eigenvalue weighted by atomic mass is 16.3. The Kier molecular flexibility index (Phi) is 4.39. The maximum absolute atomic E-state index is 12.9. The van der Waals surface area contributed by atoms with E-state index in [1.807, 2.05) is 43.5 Å². The third-order valence-electron chi connectivity index (χ3n) is 4.94. The molecule has 138 valence electrons. The van der Waals surface area contributed by atoms with Gasteiger partial charge in [0.2, 0.25) is 0 Å². The van der Waals surface area contributed by atoms with E-state index in [4.69, 9.17) is 4.42 Å². The molecule has 6 heteroatoms. The van der Waals surface area contributed by atoms with Gasteiger partial charge in [-0.05, 0) is 32.4 Å². The number of aromatic nitrogens is 2. The molecule has 0 fully saturated rings. The summed E-state index contributed by atoms with van der Waals surface area (Å²) in [6.45, 7) is 3.63. The van der Waals surface area contributed by atoms with E-state index in [1.165, 1.54) is 0 Å². The van der Waals surface area contributed by atoms with Crippen molar-refractivity contribution in [1.29, 1.82) is 0 Å². The summed E-state index contributed by atoms with van der Waals surface area (Å²) < 4.78 is 7.45. The zero-order valence-electron chi connectivity index (χ0n) is 15.4. The summed E-state index contributed by atoms with van der Waals surface area (Å²) in [4.78, 5) is 25.1. The average Bonchev–Trinajstić information content (AvgIpc) is 3.27. The smallest absolute Gasteiger partial charge is 0.256 e. The highest BCUT2D eigenvalue weighted by Gasteiger charge is 2.31. The van der Waals surface area contributed by atoms with Crippen LogP contribution in [0.2, 0.25) is 0 Å². The maximum Gasteiger partial charge on any atom is 0.256 e. The number of benzene rings is 1. The van der Waals surface area contributed by atoms with Crippen molar-refractivity contribution in [2.24, 2.45) is 0 Å². The van der Waals surface area contributed by atoms with Gasteiger partial charge in [0, 0.05) is 24.6 Å². The van der Waals surface area contributed by atoms with Gasteiger partial charge in [-0.2, -0.15) is 5.10 Å². The second-order valence-corrected chi connectivity index (χ2v) is 6.86. The standard InChI is InChI=1S/C21H21N3O3/c1-13(15-11-22-24(12-15)16-7-4-3-5-8-16)23-21(26)19-14(2)27-18-10-6-9-17(25)20(18)19/h3-5,7-8,11-13H,6,9-10H2,1-2H3,(H,23,26)/t13-/m1/s1. The number of fused-ring (bicyclic) bond motifs is 1. The number of hydrogen-bond donors (Lipinski definition) is 1. The van der Waals surface area contributed by atoms with Gasteiger partial charge >= 0.3 is 0 Å². The average molecular weight is 363 g/mol. The van der Waals surface area contributed by atoms with E-state index in [2.05, 4.69) is 10.4 Å². The number of furan rings is 1. The Morgan fingerprint density at radius 3 is 2.81 bits per heavy atom. The van der Waals surface area contributed by atoms with E-state index in [-0.39, 0.29) is 17.7 Å². The van der Waals surface area contributed by atoms with Crippen LogP contribution in [0.1, 0.15) is 63.6 Å². The molecule has 1 aliphatic rings. The van der Waals surface area contributed by atoms with Crippen molar-refractivity contribution in [2.45, 2.75) is 39.2 Å². The lowest BCUT2D eigenvalue weighted by molar-refractivity contribution is 0.0918. The predicted octanol–water partition coefficient (Wildman–Crippen LogP) is 3.78. The number of nitrogens with one attached hydrogen (secondary N) is 1. The third-order valence-corrected chi connectivity index (χ3v) is 4.94. The summed E-state index contributed by atoms with van der Waals surface area (Å²) in [7, 11) is 0. The molecule has 1 amide bonds. The molecule has 1 aliphatic carbocycles. The van der Waals surface area contributed by atoms with Crippen molar-refractivity contribution < 1.29 is 14.0 Å². The number of aryl methyl sites for hydroxylation is 2. The summed E-state index contributed by atoms with van der Waals surface area (Å²) >= 11 is 0. The normalized spacial score (nSPS) is 14.7. The number of ketones is 1. The first-order valence-corrected chi connectivity index (χ1v) is 9.11.